The number of nitrogens with zero attached hydrogens (tertiary/aromatic N) is 1. The summed E-state index contributed by atoms with van der Waals surface area (Å²) in [6.45, 7) is 5.54. The van der Waals surface area contributed by atoms with Gasteiger partial charge in [0.05, 0.1) is 7.11 Å². The normalized spacial score (nSPS) is 22.5. The molecule has 0 saturated carbocycles. The van der Waals surface area contributed by atoms with Crippen LogP contribution >= 0.6 is 0 Å². The van der Waals surface area contributed by atoms with E-state index < -0.39 is 0 Å². The van der Waals surface area contributed by atoms with Crippen LogP contribution in [0, 0.1) is 11.7 Å². The van der Waals surface area contributed by atoms with Gasteiger partial charge >= 0.3 is 0 Å². The predicted molar refractivity (Wildman–Crippen MR) is 83.7 cm³/mol. The van der Waals surface area contributed by atoms with Crippen LogP contribution in [0.1, 0.15) is 24.4 Å². The monoisotopic (exact) mass is 308 g/mol. The molecule has 0 unspecified atom stereocenters. The maximum atomic E-state index is 13.9. The topological polar surface area (TPSA) is 33.7 Å². The number of rotatable bonds is 4. The van der Waals surface area contributed by atoms with Gasteiger partial charge in [-0.1, -0.05) is 0 Å². The molecule has 0 aromatic heterocycles. The Morgan fingerprint density at radius 3 is 2.68 bits per heavy atom. The van der Waals surface area contributed by atoms with Crippen molar-refractivity contribution in [2.24, 2.45) is 5.92 Å². The number of hydrogen-bond donors (Lipinski definition) is 1. The molecule has 1 atom stereocenters. The van der Waals surface area contributed by atoms with Crippen molar-refractivity contribution in [1.29, 1.82) is 0 Å². The number of halogens is 1. The molecule has 1 aromatic rings. The quantitative estimate of drug-likeness (QED) is 0.925. The highest BCUT2D eigenvalue weighted by Crippen LogP contribution is 2.39. The molecule has 1 aromatic carbocycles. The fourth-order valence-electron chi connectivity index (χ4n) is 3.68. The highest BCUT2D eigenvalue weighted by molar-refractivity contribution is 5.37. The molecule has 2 fully saturated rings. The Hall–Kier alpha value is -1.17. The lowest BCUT2D eigenvalue weighted by molar-refractivity contribution is 0.0205. The summed E-state index contributed by atoms with van der Waals surface area (Å²) in [4.78, 5) is 2.48. The molecule has 0 amide bonds. The van der Waals surface area contributed by atoms with Gasteiger partial charge in [0.2, 0.25) is 0 Å². The number of benzene rings is 1. The fraction of sp³-hybridized carbons (Fsp3) is 0.647. The third-order valence-corrected chi connectivity index (χ3v) is 4.77. The zero-order chi connectivity index (χ0) is 15.4. The lowest BCUT2D eigenvalue weighted by Crippen LogP contribution is -2.47. The van der Waals surface area contributed by atoms with Crippen molar-refractivity contribution in [3.05, 3.63) is 29.6 Å². The van der Waals surface area contributed by atoms with E-state index in [4.69, 9.17) is 9.47 Å². The second-order valence-electron chi connectivity index (χ2n) is 6.07. The van der Waals surface area contributed by atoms with Gasteiger partial charge in [-0.15, -0.1) is 0 Å². The van der Waals surface area contributed by atoms with Crippen LogP contribution in [0.25, 0.3) is 0 Å². The Bertz CT molecular complexity index is 468. The summed E-state index contributed by atoms with van der Waals surface area (Å²) in [6.07, 6.45) is 2.04. The largest absolute Gasteiger partial charge is 0.496 e. The number of piperazine rings is 1. The second kappa shape index (κ2) is 7.40. The fourth-order valence-corrected chi connectivity index (χ4v) is 3.68. The Labute approximate surface area is 131 Å². The molecule has 2 aliphatic rings. The van der Waals surface area contributed by atoms with Gasteiger partial charge < -0.3 is 14.8 Å². The standard InChI is InChI=1S/C17H25FN2O2/c1-21-16-3-2-14(18)12-15(16)17(13-4-10-22-11-5-13)20-8-6-19-7-9-20/h2-3,12-13,17,19H,4-11H2,1H3/t17-/m1/s1. The molecule has 3 rings (SSSR count). The van der Waals surface area contributed by atoms with Crippen molar-refractivity contribution in [2.45, 2.75) is 18.9 Å². The lowest BCUT2D eigenvalue weighted by atomic mass is 9.85. The molecule has 4 nitrogen and oxygen atoms in total. The predicted octanol–water partition coefficient (Wildman–Crippen LogP) is 2.21. The molecule has 2 aliphatic heterocycles. The molecule has 22 heavy (non-hydrogen) atoms. The van der Waals surface area contributed by atoms with Crippen LogP contribution in [0.5, 0.6) is 5.75 Å². The Kier molecular flexibility index (Phi) is 5.28. The van der Waals surface area contributed by atoms with E-state index in [1.165, 1.54) is 6.07 Å². The van der Waals surface area contributed by atoms with E-state index >= 15 is 0 Å². The minimum absolute atomic E-state index is 0.192. The number of ether oxygens (including phenoxy) is 2. The minimum atomic E-state index is -0.192. The lowest BCUT2D eigenvalue weighted by Gasteiger charge is -2.41. The first-order valence-corrected chi connectivity index (χ1v) is 8.15. The molecule has 0 spiro atoms. The van der Waals surface area contributed by atoms with Crippen LogP contribution in [0.15, 0.2) is 18.2 Å². The molecular formula is C17H25FN2O2. The molecule has 0 radical (unpaired) electrons. The summed E-state index contributed by atoms with van der Waals surface area (Å²) in [5.41, 5.74) is 0.983. The molecule has 1 N–H and O–H groups in total. The van der Waals surface area contributed by atoms with E-state index in [1.807, 2.05) is 0 Å². The summed E-state index contributed by atoms with van der Waals surface area (Å²) < 4.78 is 24.9. The van der Waals surface area contributed by atoms with E-state index in [0.717, 1.165) is 63.5 Å². The average molecular weight is 308 g/mol. The van der Waals surface area contributed by atoms with Gasteiger partial charge in [0.25, 0.3) is 0 Å². The highest BCUT2D eigenvalue weighted by atomic mass is 19.1. The van der Waals surface area contributed by atoms with Gasteiger partial charge in [0.15, 0.2) is 0 Å². The Morgan fingerprint density at radius 2 is 2.00 bits per heavy atom. The van der Waals surface area contributed by atoms with Crippen LogP contribution in [0.4, 0.5) is 4.39 Å². The smallest absolute Gasteiger partial charge is 0.123 e. The maximum Gasteiger partial charge on any atom is 0.123 e. The maximum absolute atomic E-state index is 13.9. The van der Waals surface area contributed by atoms with E-state index in [9.17, 15) is 4.39 Å². The Morgan fingerprint density at radius 1 is 1.27 bits per heavy atom. The van der Waals surface area contributed by atoms with Crippen LogP contribution < -0.4 is 10.1 Å². The Balaban J connectivity index is 1.94. The van der Waals surface area contributed by atoms with Crippen LogP contribution in [-0.4, -0.2) is 51.4 Å². The molecule has 0 aliphatic carbocycles. The van der Waals surface area contributed by atoms with Gasteiger partial charge in [0, 0.05) is 51.0 Å². The van der Waals surface area contributed by atoms with Crippen molar-refractivity contribution in [2.75, 3.05) is 46.5 Å². The SMILES string of the molecule is COc1ccc(F)cc1[C@@H](C1CCOCC1)N1CCNCC1. The third-order valence-electron chi connectivity index (χ3n) is 4.77. The molecular weight excluding hydrogens is 283 g/mol. The first kappa shape index (κ1) is 15.7. The summed E-state index contributed by atoms with van der Waals surface area (Å²) in [5.74, 6) is 1.09. The number of hydrogen-bond acceptors (Lipinski definition) is 4. The van der Waals surface area contributed by atoms with E-state index in [0.29, 0.717) is 5.92 Å². The number of nitrogens with one attached hydrogen (secondary N) is 1. The van der Waals surface area contributed by atoms with Crippen molar-refractivity contribution in [1.82, 2.24) is 10.2 Å². The van der Waals surface area contributed by atoms with Crippen molar-refractivity contribution >= 4 is 0 Å². The summed E-state index contributed by atoms with van der Waals surface area (Å²) in [6, 6.07) is 5.08. The van der Waals surface area contributed by atoms with Crippen molar-refractivity contribution in [3.63, 3.8) is 0 Å². The van der Waals surface area contributed by atoms with Crippen LogP contribution in [-0.2, 0) is 4.74 Å². The average Bonchev–Trinajstić information content (AvgIpc) is 2.57. The second-order valence-corrected chi connectivity index (χ2v) is 6.07. The first-order valence-electron chi connectivity index (χ1n) is 8.15. The molecule has 2 saturated heterocycles. The van der Waals surface area contributed by atoms with Crippen molar-refractivity contribution < 1.29 is 13.9 Å². The summed E-state index contributed by atoms with van der Waals surface area (Å²) in [7, 11) is 1.66. The van der Waals surface area contributed by atoms with Crippen LogP contribution in [0.2, 0.25) is 0 Å². The summed E-state index contributed by atoms with van der Waals surface area (Å²) >= 11 is 0. The first-order chi connectivity index (χ1) is 10.8. The molecule has 5 heteroatoms. The minimum Gasteiger partial charge on any atom is -0.496 e. The molecule has 0 bridgehead atoms. The zero-order valence-corrected chi connectivity index (χ0v) is 13.2. The molecule has 2 heterocycles. The zero-order valence-electron chi connectivity index (χ0n) is 13.2. The van der Waals surface area contributed by atoms with Crippen LogP contribution in [0.3, 0.4) is 0 Å². The van der Waals surface area contributed by atoms with E-state index in [2.05, 4.69) is 10.2 Å². The van der Waals surface area contributed by atoms with E-state index in [1.54, 1.807) is 19.2 Å². The number of methoxy groups -OCH3 is 1. The van der Waals surface area contributed by atoms with Gasteiger partial charge in [-0.25, -0.2) is 4.39 Å². The molecule has 122 valence electrons. The summed E-state index contributed by atoms with van der Waals surface area (Å²) in [5, 5.41) is 3.39. The van der Waals surface area contributed by atoms with Gasteiger partial charge in [-0.2, -0.15) is 0 Å². The third kappa shape index (κ3) is 3.42. The van der Waals surface area contributed by atoms with E-state index in [-0.39, 0.29) is 11.9 Å². The van der Waals surface area contributed by atoms with Gasteiger partial charge in [0.1, 0.15) is 11.6 Å². The van der Waals surface area contributed by atoms with Gasteiger partial charge in [-0.05, 0) is 37.0 Å². The van der Waals surface area contributed by atoms with Gasteiger partial charge in [-0.3, -0.25) is 4.90 Å². The van der Waals surface area contributed by atoms with Crippen molar-refractivity contribution in [3.8, 4) is 5.75 Å². The highest BCUT2D eigenvalue weighted by Gasteiger charge is 2.33.